The van der Waals surface area contributed by atoms with Crippen LogP contribution >= 0.6 is 34.8 Å². The number of carbonyl (C=O) groups is 1. The number of nitrogens with zero attached hydrogens (tertiary/aromatic N) is 2. The molecular weight excluding hydrogens is 371 g/mol. The number of carboxylic acid groups (broad SMARTS) is 1. The molecule has 24 heavy (non-hydrogen) atoms. The molecule has 1 heterocycles. The molecule has 126 valence electrons. The van der Waals surface area contributed by atoms with E-state index < -0.39 is 5.97 Å². The molecule has 0 bridgehead atoms. The van der Waals surface area contributed by atoms with Crippen molar-refractivity contribution in [2.75, 3.05) is 5.01 Å². The highest BCUT2D eigenvalue weighted by atomic mass is 35.5. The molecule has 1 aromatic carbocycles. The van der Waals surface area contributed by atoms with E-state index in [0.717, 1.165) is 5.57 Å². The van der Waals surface area contributed by atoms with Crippen LogP contribution in [0.1, 0.15) is 13.3 Å². The van der Waals surface area contributed by atoms with Crippen LogP contribution in [0.5, 0.6) is 0 Å². The first-order valence-electron chi connectivity index (χ1n) is 7.05. The summed E-state index contributed by atoms with van der Waals surface area (Å²) in [6, 6.07) is 4.71. The average molecular weight is 386 g/mol. The normalized spacial score (nSPS) is 18.6. The van der Waals surface area contributed by atoms with Crippen molar-refractivity contribution in [3.05, 3.63) is 63.7 Å². The van der Waals surface area contributed by atoms with Crippen LogP contribution in [0.15, 0.2) is 58.7 Å². The highest BCUT2D eigenvalue weighted by molar-refractivity contribution is 6.38. The van der Waals surface area contributed by atoms with Crippen LogP contribution in [0.4, 0.5) is 5.69 Å². The molecule has 0 aliphatic carbocycles. The Labute approximate surface area is 155 Å². The van der Waals surface area contributed by atoms with E-state index >= 15 is 0 Å². The van der Waals surface area contributed by atoms with Gasteiger partial charge in [-0.15, -0.1) is 0 Å². The van der Waals surface area contributed by atoms with E-state index in [-0.39, 0.29) is 18.2 Å². The Bertz CT molecular complexity index is 769. The third-order valence-electron chi connectivity index (χ3n) is 3.54. The topological polar surface area (TPSA) is 52.9 Å². The number of anilines is 1. The fourth-order valence-electron chi connectivity index (χ4n) is 2.27. The summed E-state index contributed by atoms with van der Waals surface area (Å²) < 4.78 is 0. The maximum atomic E-state index is 11.3. The molecule has 4 nitrogen and oxygen atoms in total. The van der Waals surface area contributed by atoms with Crippen molar-refractivity contribution in [3.63, 3.8) is 0 Å². The van der Waals surface area contributed by atoms with Gasteiger partial charge in [0.1, 0.15) is 5.71 Å². The Morgan fingerprint density at radius 3 is 2.71 bits per heavy atom. The van der Waals surface area contributed by atoms with Crippen LogP contribution in [-0.2, 0) is 4.79 Å². The zero-order valence-electron chi connectivity index (χ0n) is 12.8. The van der Waals surface area contributed by atoms with Crippen molar-refractivity contribution in [1.29, 1.82) is 0 Å². The van der Waals surface area contributed by atoms with Gasteiger partial charge in [0.05, 0.1) is 16.8 Å². The Morgan fingerprint density at radius 1 is 1.42 bits per heavy atom. The highest BCUT2D eigenvalue weighted by Gasteiger charge is 2.33. The second kappa shape index (κ2) is 7.88. The number of hydrogen-bond donors (Lipinski definition) is 1. The SMILES string of the molecule is C=C/C(Cl)=C\C=C(/C)C1CC(C(=O)O)=NN1c1ccc(Cl)cc1Cl. The van der Waals surface area contributed by atoms with Crippen molar-refractivity contribution in [1.82, 2.24) is 0 Å². The maximum Gasteiger partial charge on any atom is 0.352 e. The molecule has 1 aliphatic heterocycles. The summed E-state index contributed by atoms with van der Waals surface area (Å²) in [5, 5.41) is 16.5. The summed E-state index contributed by atoms with van der Waals surface area (Å²) in [5.41, 5.74) is 1.55. The molecule has 1 N–H and O–H groups in total. The van der Waals surface area contributed by atoms with Gasteiger partial charge in [-0.3, -0.25) is 5.01 Å². The Kier molecular flexibility index (Phi) is 6.10. The number of hydrazone groups is 1. The van der Waals surface area contributed by atoms with E-state index in [0.29, 0.717) is 20.8 Å². The summed E-state index contributed by atoms with van der Waals surface area (Å²) in [5.74, 6) is -1.06. The van der Waals surface area contributed by atoms with Crippen LogP contribution in [0.25, 0.3) is 0 Å². The Morgan fingerprint density at radius 2 is 2.12 bits per heavy atom. The van der Waals surface area contributed by atoms with Gasteiger partial charge in [0.2, 0.25) is 0 Å². The Hall–Kier alpha value is -1.75. The predicted molar refractivity (Wildman–Crippen MR) is 100 cm³/mol. The summed E-state index contributed by atoms with van der Waals surface area (Å²) in [6.45, 7) is 5.46. The van der Waals surface area contributed by atoms with E-state index in [1.807, 2.05) is 13.0 Å². The monoisotopic (exact) mass is 384 g/mol. The van der Waals surface area contributed by atoms with E-state index in [9.17, 15) is 9.90 Å². The lowest BCUT2D eigenvalue weighted by Gasteiger charge is -2.25. The van der Waals surface area contributed by atoms with Crippen molar-refractivity contribution >= 4 is 52.2 Å². The highest BCUT2D eigenvalue weighted by Crippen LogP contribution is 2.35. The quantitative estimate of drug-likeness (QED) is 0.703. The van der Waals surface area contributed by atoms with E-state index in [1.165, 1.54) is 6.08 Å². The smallest absolute Gasteiger partial charge is 0.352 e. The third kappa shape index (κ3) is 4.20. The number of hydrogen-bond acceptors (Lipinski definition) is 3. The minimum Gasteiger partial charge on any atom is -0.477 e. The molecule has 1 aromatic rings. The van der Waals surface area contributed by atoms with Gasteiger partial charge in [-0.1, -0.05) is 53.5 Å². The summed E-state index contributed by atoms with van der Waals surface area (Å²) in [4.78, 5) is 11.3. The molecule has 0 fully saturated rings. The molecule has 0 saturated carbocycles. The largest absolute Gasteiger partial charge is 0.477 e. The predicted octanol–water partition coefficient (Wildman–Crippen LogP) is 5.27. The van der Waals surface area contributed by atoms with Gasteiger partial charge < -0.3 is 5.11 Å². The van der Waals surface area contributed by atoms with Crippen molar-refractivity contribution in [2.24, 2.45) is 5.10 Å². The second-order valence-electron chi connectivity index (χ2n) is 5.18. The minimum absolute atomic E-state index is 0.0672. The number of aliphatic carboxylic acids is 1. The van der Waals surface area contributed by atoms with Gasteiger partial charge in [-0.05, 0) is 36.8 Å². The minimum atomic E-state index is -1.06. The average Bonchev–Trinajstić information content (AvgIpc) is 2.97. The molecule has 1 unspecified atom stereocenters. The van der Waals surface area contributed by atoms with E-state index in [4.69, 9.17) is 34.8 Å². The summed E-state index contributed by atoms with van der Waals surface area (Å²) in [6.07, 6.45) is 5.29. The van der Waals surface area contributed by atoms with Crippen LogP contribution < -0.4 is 5.01 Å². The third-order valence-corrected chi connectivity index (χ3v) is 4.36. The van der Waals surface area contributed by atoms with Crippen LogP contribution in [0.3, 0.4) is 0 Å². The summed E-state index contributed by atoms with van der Waals surface area (Å²) >= 11 is 18.1. The molecule has 0 radical (unpaired) electrons. The molecule has 1 atom stereocenters. The van der Waals surface area contributed by atoms with Gasteiger partial charge >= 0.3 is 5.97 Å². The lowest BCUT2D eigenvalue weighted by Crippen LogP contribution is -2.28. The molecular formula is C17H15Cl3N2O2. The van der Waals surface area contributed by atoms with E-state index in [2.05, 4.69) is 11.7 Å². The molecule has 1 aliphatic rings. The van der Waals surface area contributed by atoms with Crippen LogP contribution in [0.2, 0.25) is 10.0 Å². The number of benzene rings is 1. The van der Waals surface area contributed by atoms with Gasteiger partial charge in [0.15, 0.2) is 0 Å². The van der Waals surface area contributed by atoms with Crippen LogP contribution in [-0.4, -0.2) is 22.8 Å². The fourth-order valence-corrected chi connectivity index (χ4v) is 2.83. The first-order chi connectivity index (χ1) is 11.3. The van der Waals surface area contributed by atoms with Crippen molar-refractivity contribution < 1.29 is 9.90 Å². The van der Waals surface area contributed by atoms with Crippen molar-refractivity contribution in [3.8, 4) is 0 Å². The summed E-state index contributed by atoms with van der Waals surface area (Å²) in [7, 11) is 0. The Balaban J connectivity index is 2.43. The maximum absolute atomic E-state index is 11.3. The second-order valence-corrected chi connectivity index (χ2v) is 6.46. The molecule has 0 saturated heterocycles. The number of halogens is 3. The van der Waals surface area contributed by atoms with E-state index in [1.54, 1.807) is 29.3 Å². The lowest BCUT2D eigenvalue weighted by molar-refractivity contribution is -0.129. The van der Waals surface area contributed by atoms with Gasteiger partial charge in [0, 0.05) is 16.5 Å². The van der Waals surface area contributed by atoms with Crippen molar-refractivity contribution in [2.45, 2.75) is 19.4 Å². The number of allylic oxidation sites excluding steroid dienone is 4. The standard InChI is InChI=1S/C17H15Cl3N2O2/c1-3-11(18)5-4-10(2)16-9-14(17(23)24)21-22(16)15-7-6-12(19)8-13(15)20/h3-8,16H,1,9H2,2H3,(H,23,24)/b10-4+,11-5+. The molecule has 7 heteroatoms. The first-order valence-corrected chi connectivity index (χ1v) is 8.18. The first kappa shape index (κ1) is 18.6. The fraction of sp³-hybridized carbons (Fsp3) is 0.176. The van der Waals surface area contributed by atoms with Crippen LogP contribution in [0, 0.1) is 0 Å². The van der Waals surface area contributed by atoms with Gasteiger partial charge in [0.25, 0.3) is 0 Å². The zero-order chi connectivity index (χ0) is 17.9. The molecule has 2 rings (SSSR count). The molecule has 0 amide bonds. The number of rotatable bonds is 5. The van der Waals surface area contributed by atoms with Gasteiger partial charge in [-0.25, -0.2) is 4.79 Å². The molecule has 0 aromatic heterocycles. The number of carboxylic acids is 1. The molecule has 0 spiro atoms. The van der Waals surface area contributed by atoms with Gasteiger partial charge in [-0.2, -0.15) is 5.10 Å². The lowest BCUT2D eigenvalue weighted by atomic mass is 10.0. The zero-order valence-corrected chi connectivity index (χ0v) is 15.1.